The molecule has 0 unspecified atom stereocenters. The molecule has 1 saturated heterocycles. The smallest absolute Gasteiger partial charge is 0.0707 e. The molecule has 2 heteroatoms. The molecule has 3 rings (SSSR count). The van der Waals surface area contributed by atoms with Crippen molar-refractivity contribution < 1.29 is 4.74 Å². The zero-order valence-corrected chi connectivity index (χ0v) is 13.6. The summed E-state index contributed by atoms with van der Waals surface area (Å²) < 4.78 is 5.05. The van der Waals surface area contributed by atoms with Crippen LogP contribution in [0.15, 0.2) is 24.3 Å². The van der Waals surface area contributed by atoms with Crippen LogP contribution in [0.1, 0.15) is 57.1 Å². The molecule has 1 aromatic rings. The Bertz CT molecular complexity index is 358. The van der Waals surface area contributed by atoms with Gasteiger partial charge in [-0.3, -0.25) is 0 Å². The van der Waals surface area contributed by atoms with Crippen molar-refractivity contribution in [3.8, 4) is 0 Å². The van der Waals surface area contributed by atoms with Crippen molar-refractivity contribution in [2.24, 2.45) is 0 Å². The van der Waals surface area contributed by atoms with Crippen LogP contribution in [0.5, 0.6) is 0 Å². The fourth-order valence-electron chi connectivity index (χ4n) is 2.60. The average molecular weight is 277 g/mol. The predicted octanol–water partition coefficient (Wildman–Crippen LogP) is 4.15. The summed E-state index contributed by atoms with van der Waals surface area (Å²) in [5.41, 5.74) is 3.14. The predicted molar refractivity (Wildman–Crippen MR) is 87.4 cm³/mol. The summed E-state index contributed by atoms with van der Waals surface area (Å²) in [5, 5.41) is 3.20. The maximum atomic E-state index is 5.05. The molecular formula is C18H31NO. The molecule has 0 spiro atoms. The highest BCUT2D eigenvalue weighted by molar-refractivity contribution is 5.33. The molecule has 1 fully saturated rings. The summed E-state index contributed by atoms with van der Waals surface area (Å²) in [6.07, 6.45) is 5.55. The van der Waals surface area contributed by atoms with Gasteiger partial charge in [0.15, 0.2) is 0 Å². The third-order valence-electron chi connectivity index (χ3n) is 3.78. The standard InChI is InChI=1S/C10H12.C5H11NO.C3H8/c1-8-6-7-9-4-2-3-5-10(8)9;1-7-5-2-3-6-4-5;1-3-2/h2-5,8H,6-7H2,1H3;5-6H,2-4H2,1H3;3H2,1-2H3/t8-;5-;/m01./s1. The average Bonchev–Trinajstić information content (AvgIpc) is 3.11. The molecule has 2 nitrogen and oxygen atoms in total. The fraction of sp³-hybridized carbons (Fsp3) is 0.667. The molecule has 1 aromatic carbocycles. The minimum atomic E-state index is 0.486. The first kappa shape index (κ1) is 17.2. The van der Waals surface area contributed by atoms with E-state index in [2.05, 4.69) is 50.4 Å². The summed E-state index contributed by atoms with van der Waals surface area (Å²) in [7, 11) is 1.76. The number of hydrogen-bond acceptors (Lipinski definition) is 2. The van der Waals surface area contributed by atoms with E-state index >= 15 is 0 Å². The maximum absolute atomic E-state index is 5.05. The molecule has 0 radical (unpaired) electrons. The van der Waals surface area contributed by atoms with Gasteiger partial charge in [0, 0.05) is 13.7 Å². The van der Waals surface area contributed by atoms with E-state index in [9.17, 15) is 0 Å². The van der Waals surface area contributed by atoms with E-state index in [1.54, 1.807) is 18.2 Å². The van der Waals surface area contributed by atoms with Gasteiger partial charge < -0.3 is 10.1 Å². The van der Waals surface area contributed by atoms with E-state index in [0.717, 1.165) is 19.0 Å². The zero-order chi connectivity index (χ0) is 14.8. The van der Waals surface area contributed by atoms with Crippen LogP contribution < -0.4 is 5.32 Å². The van der Waals surface area contributed by atoms with Crippen molar-refractivity contribution in [2.45, 2.75) is 58.5 Å². The van der Waals surface area contributed by atoms with Crippen molar-refractivity contribution in [2.75, 3.05) is 20.2 Å². The zero-order valence-electron chi connectivity index (χ0n) is 13.6. The van der Waals surface area contributed by atoms with Gasteiger partial charge in [-0.1, -0.05) is 51.5 Å². The Morgan fingerprint density at radius 3 is 2.40 bits per heavy atom. The Kier molecular flexibility index (Phi) is 8.56. The Morgan fingerprint density at radius 1 is 1.20 bits per heavy atom. The molecule has 0 saturated carbocycles. The van der Waals surface area contributed by atoms with Crippen LogP contribution in [0.4, 0.5) is 0 Å². The minimum absolute atomic E-state index is 0.486. The van der Waals surface area contributed by atoms with E-state index in [1.807, 2.05) is 0 Å². The van der Waals surface area contributed by atoms with Gasteiger partial charge in [0.1, 0.15) is 0 Å². The normalized spacial score (nSPS) is 23.2. The SMILES string of the molecule is CCC.CO[C@@H]1CCNC1.C[C@H]1CCc2ccccc21. The first-order valence-electron chi connectivity index (χ1n) is 8.04. The van der Waals surface area contributed by atoms with Crippen LogP contribution in [0.3, 0.4) is 0 Å². The van der Waals surface area contributed by atoms with Gasteiger partial charge in [0.2, 0.25) is 0 Å². The second-order valence-corrected chi connectivity index (χ2v) is 5.70. The topological polar surface area (TPSA) is 21.3 Å². The van der Waals surface area contributed by atoms with E-state index < -0.39 is 0 Å². The number of fused-ring (bicyclic) bond motifs is 1. The second kappa shape index (κ2) is 9.95. The molecular weight excluding hydrogens is 246 g/mol. The molecule has 20 heavy (non-hydrogen) atoms. The van der Waals surface area contributed by atoms with E-state index in [1.165, 1.54) is 25.7 Å². The van der Waals surface area contributed by atoms with Gasteiger partial charge >= 0.3 is 0 Å². The lowest BCUT2D eigenvalue weighted by Gasteiger charge is -2.01. The third-order valence-corrected chi connectivity index (χ3v) is 3.78. The first-order chi connectivity index (χ1) is 9.72. The molecule has 1 heterocycles. The number of aryl methyl sites for hydroxylation is 1. The maximum Gasteiger partial charge on any atom is 0.0707 e. The highest BCUT2D eigenvalue weighted by atomic mass is 16.5. The lowest BCUT2D eigenvalue weighted by molar-refractivity contribution is 0.119. The summed E-state index contributed by atoms with van der Waals surface area (Å²) in [4.78, 5) is 0. The molecule has 2 aliphatic rings. The number of nitrogens with one attached hydrogen (secondary N) is 1. The Balaban J connectivity index is 0.000000176. The van der Waals surface area contributed by atoms with Crippen LogP contribution >= 0.6 is 0 Å². The number of benzene rings is 1. The molecule has 1 aliphatic carbocycles. The van der Waals surface area contributed by atoms with Gasteiger partial charge in [-0.05, 0) is 42.9 Å². The van der Waals surface area contributed by atoms with Crippen molar-refractivity contribution in [3.63, 3.8) is 0 Å². The van der Waals surface area contributed by atoms with Gasteiger partial charge in [-0.25, -0.2) is 0 Å². The highest BCUT2D eigenvalue weighted by Gasteiger charge is 2.16. The number of hydrogen-bond donors (Lipinski definition) is 1. The van der Waals surface area contributed by atoms with Crippen LogP contribution in [0.2, 0.25) is 0 Å². The first-order valence-corrected chi connectivity index (χ1v) is 8.04. The molecule has 0 aromatic heterocycles. The molecule has 0 bridgehead atoms. The lowest BCUT2D eigenvalue weighted by Crippen LogP contribution is -2.14. The third kappa shape index (κ3) is 5.64. The number of ether oxygens (including phenoxy) is 1. The van der Waals surface area contributed by atoms with Gasteiger partial charge in [0.05, 0.1) is 6.10 Å². The second-order valence-electron chi connectivity index (χ2n) is 5.70. The molecule has 1 aliphatic heterocycles. The number of methoxy groups -OCH3 is 1. The highest BCUT2D eigenvalue weighted by Crippen LogP contribution is 2.31. The summed E-state index contributed by atoms with van der Waals surface area (Å²) >= 11 is 0. The van der Waals surface area contributed by atoms with Crippen molar-refractivity contribution in [1.29, 1.82) is 0 Å². The van der Waals surface area contributed by atoms with Crippen LogP contribution in [-0.2, 0) is 11.2 Å². The van der Waals surface area contributed by atoms with Gasteiger partial charge in [0.25, 0.3) is 0 Å². The minimum Gasteiger partial charge on any atom is -0.380 e. The largest absolute Gasteiger partial charge is 0.380 e. The summed E-state index contributed by atoms with van der Waals surface area (Å²) in [6.45, 7) is 8.72. The van der Waals surface area contributed by atoms with Crippen molar-refractivity contribution >= 4 is 0 Å². The molecule has 0 amide bonds. The van der Waals surface area contributed by atoms with E-state index in [0.29, 0.717) is 6.10 Å². The van der Waals surface area contributed by atoms with Crippen molar-refractivity contribution in [3.05, 3.63) is 35.4 Å². The van der Waals surface area contributed by atoms with Gasteiger partial charge in [-0.15, -0.1) is 0 Å². The quantitative estimate of drug-likeness (QED) is 0.832. The van der Waals surface area contributed by atoms with Crippen LogP contribution in [0, 0.1) is 0 Å². The monoisotopic (exact) mass is 277 g/mol. The molecule has 114 valence electrons. The summed E-state index contributed by atoms with van der Waals surface area (Å²) in [6, 6.07) is 8.78. The van der Waals surface area contributed by atoms with E-state index in [4.69, 9.17) is 4.74 Å². The Morgan fingerprint density at radius 2 is 1.90 bits per heavy atom. The van der Waals surface area contributed by atoms with Crippen molar-refractivity contribution in [1.82, 2.24) is 5.32 Å². The molecule has 1 N–H and O–H groups in total. The van der Waals surface area contributed by atoms with E-state index in [-0.39, 0.29) is 0 Å². The fourth-order valence-corrected chi connectivity index (χ4v) is 2.60. The summed E-state index contributed by atoms with van der Waals surface area (Å²) in [5.74, 6) is 0.802. The number of rotatable bonds is 1. The van der Waals surface area contributed by atoms with Crippen LogP contribution in [-0.4, -0.2) is 26.3 Å². The Labute approximate surface area is 124 Å². The lowest BCUT2D eigenvalue weighted by atomic mass is 10.0. The molecule has 2 atom stereocenters. The van der Waals surface area contributed by atoms with Gasteiger partial charge in [-0.2, -0.15) is 0 Å². The Hall–Kier alpha value is -0.860. The van der Waals surface area contributed by atoms with Crippen LogP contribution in [0.25, 0.3) is 0 Å².